The fraction of sp³-hybridized carbons (Fsp3) is 0.769. The van der Waals surface area contributed by atoms with Gasteiger partial charge >= 0.3 is 6.09 Å². The quantitative estimate of drug-likeness (QED) is 0.759. The highest BCUT2D eigenvalue weighted by atomic mass is 16.5. The SMILES string of the molecule is COC(=O)N[C@@H](C)C(=O)N(CC=O)C1CCCCC1. The zero-order chi connectivity index (χ0) is 14.3. The van der Waals surface area contributed by atoms with E-state index >= 15 is 0 Å². The van der Waals surface area contributed by atoms with Crippen LogP contribution in [0, 0.1) is 0 Å². The van der Waals surface area contributed by atoms with Crippen molar-refractivity contribution in [2.75, 3.05) is 13.7 Å². The van der Waals surface area contributed by atoms with E-state index in [9.17, 15) is 14.4 Å². The lowest BCUT2D eigenvalue weighted by molar-refractivity contribution is -0.137. The number of methoxy groups -OCH3 is 1. The molecule has 0 aliphatic heterocycles. The van der Waals surface area contributed by atoms with E-state index in [1.165, 1.54) is 13.5 Å². The van der Waals surface area contributed by atoms with Gasteiger partial charge in [-0.1, -0.05) is 19.3 Å². The molecule has 6 heteroatoms. The molecule has 1 atom stereocenters. The molecule has 0 heterocycles. The summed E-state index contributed by atoms with van der Waals surface area (Å²) in [6.07, 6.45) is 5.26. The van der Waals surface area contributed by atoms with Gasteiger partial charge in [0.1, 0.15) is 12.3 Å². The normalized spacial score (nSPS) is 17.4. The van der Waals surface area contributed by atoms with Gasteiger partial charge in [0.2, 0.25) is 5.91 Å². The second-order valence-electron chi connectivity index (χ2n) is 4.81. The van der Waals surface area contributed by atoms with Crippen LogP contribution in [0.4, 0.5) is 4.79 Å². The van der Waals surface area contributed by atoms with Crippen LogP contribution in [0.15, 0.2) is 0 Å². The van der Waals surface area contributed by atoms with Crippen LogP contribution >= 0.6 is 0 Å². The van der Waals surface area contributed by atoms with Crippen molar-refractivity contribution in [2.24, 2.45) is 0 Å². The van der Waals surface area contributed by atoms with E-state index in [4.69, 9.17) is 0 Å². The third-order valence-corrected chi connectivity index (χ3v) is 3.46. The number of nitrogens with zero attached hydrogens (tertiary/aromatic N) is 1. The molecule has 0 unspecified atom stereocenters. The average molecular weight is 270 g/mol. The first-order valence-corrected chi connectivity index (χ1v) is 6.68. The monoisotopic (exact) mass is 270 g/mol. The van der Waals surface area contributed by atoms with Crippen LogP contribution < -0.4 is 5.32 Å². The molecule has 1 aliphatic rings. The molecule has 19 heavy (non-hydrogen) atoms. The molecule has 1 rings (SSSR count). The topological polar surface area (TPSA) is 75.7 Å². The summed E-state index contributed by atoms with van der Waals surface area (Å²) >= 11 is 0. The number of amides is 2. The molecule has 1 N–H and O–H groups in total. The summed E-state index contributed by atoms with van der Waals surface area (Å²) in [4.78, 5) is 35.7. The summed E-state index contributed by atoms with van der Waals surface area (Å²) in [5.74, 6) is -0.232. The Bertz CT molecular complexity index is 327. The maximum Gasteiger partial charge on any atom is 0.407 e. The minimum absolute atomic E-state index is 0.0801. The van der Waals surface area contributed by atoms with Gasteiger partial charge in [0.15, 0.2) is 0 Å². The Kier molecular flexibility index (Phi) is 6.32. The number of alkyl carbamates (subject to hydrolysis) is 1. The van der Waals surface area contributed by atoms with Gasteiger partial charge in [-0.25, -0.2) is 4.79 Å². The molecule has 1 fully saturated rings. The van der Waals surface area contributed by atoms with Crippen LogP contribution in [0.1, 0.15) is 39.0 Å². The maximum atomic E-state index is 12.3. The first-order chi connectivity index (χ1) is 9.10. The van der Waals surface area contributed by atoms with Crippen LogP contribution in [0.25, 0.3) is 0 Å². The van der Waals surface area contributed by atoms with Gasteiger partial charge in [-0.15, -0.1) is 0 Å². The number of nitrogens with one attached hydrogen (secondary N) is 1. The fourth-order valence-electron chi connectivity index (χ4n) is 2.44. The van der Waals surface area contributed by atoms with Crippen LogP contribution in [-0.4, -0.2) is 48.9 Å². The lowest BCUT2D eigenvalue weighted by Crippen LogP contribution is -2.51. The van der Waals surface area contributed by atoms with Crippen molar-refractivity contribution in [3.05, 3.63) is 0 Å². The van der Waals surface area contributed by atoms with Crippen LogP contribution in [-0.2, 0) is 14.3 Å². The van der Waals surface area contributed by atoms with Crippen molar-refractivity contribution in [2.45, 2.75) is 51.1 Å². The minimum atomic E-state index is -0.686. The zero-order valence-corrected chi connectivity index (χ0v) is 11.6. The van der Waals surface area contributed by atoms with Gasteiger partial charge < -0.3 is 19.7 Å². The van der Waals surface area contributed by atoms with E-state index in [0.717, 1.165) is 32.0 Å². The van der Waals surface area contributed by atoms with Gasteiger partial charge in [-0.3, -0.25) is 4.79 Å². The second kappa shape index (κ2) is 7.76. The fourth-order valence-corrected chi connectivity index (χ4v) is 2.44. The molecule has 108 valence electrons. The lowest BCUT2D eigenvalue weighted by atomic mass is 9.94. The van der Waals surface area contributed by atoms with E-state index in [2.05, 4.69) is 10.1 Å². The Labute approximate surface area is 113 Å². The van der Waals surface area contributed by atoms with E-state index in [-0.39, 0.29) is 18.5 Å². The predicted octanol–water partition coefficient (Wildman–Crippen LogP) is 1.09. The van der Waals surface area contributed by atoms with Crippen molar-refractivity contribution in [1.29, 1.82) is 0 Å². The van der Waals surface area contributed by atoms with E-state index < -0.39 is 12.1 Å². The number of hydrogen-bond donors (Lipinski definition) is 1. The molecule has 0 aromatic carbocycles. The second-order valence-corrected chi connectivity index (χ2v) is 4.81. The molecule has 0 bridgehead atoms. The molecule has 0 aromatic rings. The molecule has 2 amide bonds. The Hall–Kier alpha value is -1.59. The molecule has 0 saturated heterocycles. The average Bonchev–Trinajstić information content (AvgIpc) is 2.44. The summed E-state index contributed by atoms with van der Waals surface area (Å²) in [6.45, 7) is 1.68. The molecule has 0 radical (unpaired) electrons. The summed E-state index contributed by atoms with van der Waals surface area (Å²) < 4.78 is 4.47. The van der Waals surface area contributed by atoms with E-state index in [0.29, 0.717) is 0 Å². The zero-order valence-electron chi connectivity index (χ0n) is 11.6. The highest BCUT2D eigenvalue weighted by molar-refractivity contribution is 5.86. The van der Waals surface area contributed by atoms with Crippen molar-refractivity contribution in [3.63, 3.8) is 0 Å². The summed E-state index contributed by atoms with van der Waals surface area (Å²) in [5.41, 5.74) is 0. The smallest absolute Gasteiger partial charge is 0.407 e. The first kappa shape index (κ1) is 15.5. The summed E-state index contributed by atoms with van der Waals surface area (Å²) in [6, 6.07) is -0.581. The molecule has 0 spiro atoms. The Morgan fingerprint density at radius 1 is 1.37 bits per heavy atom. The predicted molar refractivity (Wildman–Crippen MR) is 69.7 cm³/mol. The molecule has 6 nitrogen and oxygen atoms in total. The molecule has 0 aromatic heterocycles. The van der Waals surface area contributed by atoms with Crippen molar-refractivity contribution < 1.29 is 19.1 Å². The van der Waals surface area contributed by atoms with Crippen LogP contribution in [0.2, 0.25) is 0 Å². The Morgan fingerprint density at radius 3 is 2.53 bits per heavy atom. The number of ether oxygens (including phenoxy) is 1. The number of aldehydes is 1. The van der Waals surface area contributed by atoms with Crippen molar-refractivity contribution in [1.82, 2.24) is 10.2 Å². The van der Waals surface area contributed by atoms with Crippen LogP contribution in [0.5, 0.6) is 0 Å². The van der Waals surface area contributed by atoms with Gasteiger partial charge in [0.25, 0.3) is 0 Å². The van der Waals surface area contributed by atoms with Gasteiger partial charge in [-0.05, 0) is 19.8 Å². The van der Waals surface area contributed by atoms with Gasteiger partial charge in [-0.2, -0.15) is 0 Å². The molecule has 1 aliphatic carbocycles. The highest BCUT2D eigenvalue weighted by Crippen LogP contribution is 2.22. The van der Waals surface area contributed by atoms with E-state index in [1.807, 2.05) is 0 Å². The summed E-state index contributed by atoms with van der Waals surface area (Å²) in [5, 5.41) is 2.44. The highest BCUT2D eigenvalue weighted by Gasteiger charge is 2.29. The van der Waals surface area contributed by atoms with Crippen LogP contribution in [0.3, 0.4) is 0 Å². The lowest BCUT2D eigenvalue weighted by Gasteiger charge is -2.34. The summed E-state index contributed by atoms with van der Waals surface area (Å²) in [7, 11) is 1.25. The standard InChI is InChI=1S/C13H22N2O4/c1-10(14-13(18)19-2)12(17)15(8-9-16)11-6-4-3-5-7-11/h9-11H,3-8H2,1-2H3,(H,14,18)/t10-/m0/s1. The number of carbonyl (C=O) groups is 3. The van der Waals surface area contributed by atoms with E-state index in [1.54, 1.807) is 11.8 Å². The van der Waals surface area contributed by atoms with Crippen molar-refractivity contribution >= 4 is 18.3 Å². The number of rotatable bonds is 5. The largest absolute Gasteiger partial charge is 0.453 e. The Morgan fingerprint density at radius 2 is 2.00 bits per heavy atom. The maximum absolute atomic E-state index is 12.3. The third-order valence-electron chi connectivity index (χ3n) is 3.46. The third kappa shape index (κ3) is 4.54. The van der Waals surface area contributed by atoms with Crippen molar-refractivity contribution in [3.8, 4) is 0 Å². The van der Waals surface area contributed by atoms with Gasteiger partial charge in [0.05, 0.1) is 13.7 Å². The first-order valence-electron chi connectivity index (χ1n) is 6.68. The minimum Gasteiger partial charge on any atom is -0.453 e. The molecular weight excluding hydrogens is 248 g/mol. The molecular formula is C13H22N2O4. The number of carbonyl (C=O) groups excluding carboxylic acids is 3. The van der Waals surface area contributed by atoms with Gasteiger partial charge in [0, 0.05) is 6.04 Å². The Balaban J connectivity index is 2.65. The molecule has 1 saturated carbocycles. The number of hydrogen-bond acceptors (Lipinski definition) is 4.